The van der Waals surface area contributed by atoms with Crippen LogP contribution < -0.4 is 0 Å². The van der Waals surface area contributed by atoms with Crippen LogP contribution in [0.5, 0.6) is 0 Å². The van der Waals surface area contributed by atoms with Crippen molar-refractivity contribution in [3.8, 4) is 5.82 Å². The molecule has 0 unspecified atom stereocenters. The first-order valence-corrected chi connectivity index (χ1v) is 8.81. The van der Waals surface area contributed by atoms with E-state index in [9.17, 15) is 0 Å². The van der Waals surface area contributed by atoms with Crippen LogP contribution in [-0.2, 0) is 12.8 Å². The predicted molar refractivity (Wildman–Crippen MR) is 98.3 cm³/mol. The first-order chi connectivity index (χ1) is 12.1. The van der Waals surface area contributed by atoms with Gasteiger partial charge in [-0.2, -0.15) is 4.52 Å². The average molecular weight is 334 g/mol. The molecule has 4 rings (SSSR count). The normalized spacial score (nSPS) is 11.7. The molecule has 0 N–H and O–H groups in total. The summed E-state index contributed by atoms with van der Waals surface area (Å²) >= 11 is 0. The van der Waals surface area contributed by atoms with Crippen LogP contribution in [0.2, 0.25) is 0 Å². The van der Waals surface area contributed by atoms with Gasteiger partial charge in [-0.15, -0.1) is 5.10 Å². The summed E-state index contributed by atoms with van der Waals surface area (Å²) in [6.07, 6.45) is 6.67. The number of pyridine rings is 1. The van der Waals surface area contributed by atoms with Crippen LogP contribution in [0, 0.1) is 13.8 Å². The lowest BCUT2D eigenvalue weighted by atomic mass is 10.2. The van der Waals surface area contributed by atoms with E-state index in [-0.39, 0.29) is 0 Å². The van der Waals surface area contributed by atoms with E-state index in [0.29, 0.717) is 0 Å². The minimum Gasteiger partial charge on any atom is -0.288 e. The SMILES string of the molecule is CCCc1cc(-n2ccnc2CC)n2nc3nc(C)cc(C)c3c2n1. The third-order valence-corrected chi connectivity index (χ3v) is 4.49. The summed E-state index contributed by atoms with van der Waals surface area (Å²) in [6, 6.07) is 4.21. The van der Waals surface area contributed by atoms with Crippen LogP contribution >= 0.6 is 0 Å². The maximum Gasteiger partial charge on any atom is 0.184 e. The molecule has 0 aromatic carbocycles. The van der Waals surface area contributed by atoms with Crippen molar-refractivity contribution in [2.24, 2.45) is 0 Å². The number of hydrogen-bond donors (Lipinski definition) is 0. The largest absolute Gasteiger partial charge is 0.288 e. The fraction of sp³-hybridized carbons (Fsp3) is 0.368. The van der Waals surface area contributed by atoms with Gasteiger partial charge in [0.2, 0.25) is 0 Å². The van der Waals surface area contributed by atoms with E-state index in [1.807, 2.05) is 23.8 Å². The summed E-state index contributed by atoms with van der Waals surface area (Å²) in [4.78, 5) is 14.0. The fourth-order valence-electron chi connectivity index (χ4n) is 3.42. The zero-order chi connectivity index (χ0) is 17.6. The van der Waals surface area contributed by atoms with Gasteiger partial charge in [-0.3, -0.25) is 4.57 Å². The van der Waals surface area contributed by atoms with Crippen LogP contribution in [0.15, 0.2) is 24.5 Å². The van der Waals surface area contributed by atoms with Gasteiger partial charge >= 0.3 is 0 Å². The van der Waals surface area contributed by atoms with Crippen molar-refractivity contribution in [3.05, 3.63) is 47.3 Å². The molecule has 0 saturated heterocycles. The highest BCUT2D eigenvalue weighted by Crippen LogP contribution is 2.25. The van der Waals surface area contributed by atoms with Crippen molar-refractivity contribution in [1.82, 2.24) is 29.1 Å². The molecular weight excluding hydrogens is 312 g/mol. The van der Waals surface area contributed by atoms with E-state index in [1.54, 1.807) is 0 Å². The molecule has 0 atom stereocenters. The van der Waals surface area contributed by atoms with Crippen LogP contribution in [0.1, 0.15) is 43.0 Å². The Bertz CT molecular complexity index is 1070. The minimum atomic E-state index is 0.748. The van der Waals surface area contributed by atoms with E-state index >= 15 is 0 Å². The lowest BCUT2D eigenvalue weighted by Crippen LogP contribution is -2.09. The Morgan fingerprint density at radius 1 is 1.08 bits per heavy atom. The van der Waals surface area contributed by atoms with Gasteiger partial charge in [0, 0.05) is 36.3 Å². The van der Waals surface area contributed by atoms with E-state index in [2.05, 4.69) is 47.4 Å². The summed E-state index contributed by atoms with van der Waals surface area (Å²) < 4.78 is 4.01. The third-order valence-electron chi connectivity index (χ3n) is 4.49. The van der Waals surface area contributed by atoms with Gasteiger partial charge in [0.05, 0.1) is 5.39 Å². The van der Waals surface area contributed by atoms with E-state index in [1.165, 1.54) is 0 Å². The molecule has 6 nitrogen and oxygen atoms in total. The van der Waals surface area contributed by atoms with Crippen LogP contribution in [0.4, 0.5) is 0 Å². The van der Waals surface area contributed by atoms with E-state index in [0.717, 1.165) is 64.5 Å². The summed E-state index contributed by atoms with van der Waals surface area (Å²) in [7, 11) is 0. The Hall–Kier alpha value is -2.76. The molecule has 0 spiro atoms. The molecule has 128 valence electrons. The number of aromatic nitrogens is 6. The van der Waals surface area contributed by atoms with Gasteiger partial charge in [0.25, 0.3) is 0 Å². The van der Waals surface area contributed by atoms with Gasteiger partial charge in [-0.05, 0) is 31.9 Å². The summed E-state index contributed by atoms with van der Waals surface area (Å²) in [5.74, 6) is 1.98. The van der Waals surface area contributed by atoms with Crippen LogP contribution in [0.25, 0.3) is 22.5 Å². The molecule has 0 saturated carbocycles. The van der Waals surface area contributed by atoms with Crippen molar-refractivity contribution in [1.29, 1.82) is 0 Å². The lowest BCUT2D eigenvalue weighted by Gasteiger charge is -2.10. The lowest BCUT2D eigenvalue weighted by molar-refractivity contribution is 0.791. The number of fused-ring (bicyclic) bond motifs is 3. The van der Waals surface area contributed by atoms with Gasteiger partial charge in [-0.1, -0.05) is 20.3 Å². The van der Waals surface area contributed by atoms with Crippen LogP contribution in [-0.4, -0.2) is 29.1 Å². The first kappa shape index (κ1) is 15.7. The summed E-state index contributed by atoms with van der Waals surface area (Å²) in [5, 5.41) is 5.79. The predicted octanol–water partition coefficient (Wildman–Crippen LogP) is 3.59. The number of imidazole rings is 1. The molecule has 4 heterocycles. The van der Waals surface area contributed by atoms with Crippen molar-refractivity contribution in [2.45, 2.75) is 47.0 Å². The van der Waals surface area contributed by atoms with Crippen molar-refractivity contribution in [3.63, 3.8) is 0 Å². The molecule has 0 amide bonds. The molecule has 0 fully saturated rings. The summed E-state index contributed by atoms with van der Waals surface area (Å²) in [6.45, 7) is 8.38. The molecule has 0 bridgehead atoms. The smallest absolute Gasteiger partial charge is 0.184 e. The molecular formula is C19H22N6. The maximum absolute atomic E-state index is 4.90. The maximum atomic E-state index is 4.90. The highest BCUT2D eigenvalue weighted by Gasteiger charge is 2.17. The molecule has 0 aliphatic heterocycles. The third kappa shape index (κ3) is 2.49. The van der Waals surface area contributed by atoms with Crippen LogP contribution in [0.3, 0.4) is 0 Å². The molecule has 6 heteroatoms. The fourth-order valence-corrected chi connectivity index (χ4v) is 3.42. The quantitative estimate of drug-likeness (QED) is 0.572. The zero-order valence-corrected chi connectivity index (χ0v) is 15.1. The Labute approximate surface area is 146 Å². The Kier molecular flexibility index (Phi) is 3.75. The second-order valence-corrected chi connectivity index (χ2v) is 6.44. The van der Waals surface area contributed by atoms with E-state index in [4.69, 9.17) is 10.1 Å². The summed E-state index contributed by atoms with van der Waals surface area (Å²) in [5.41, 5.74) is 4.82. The molecule has 25 heavy (non-hydrogen) atoms. The standard InChI is InChI=1S/C19H22N6/c1-5-7-14-11-16(24-9-8-20-15(24)6-2)25-19(22-14)17-12(3)10-13(4)21-18(17)23-25/h8-11H,5-7H2,1-4H3. The van der Waals surface area contributed by atoms with Crippen molar-refractivity contribution >= 4 is 16.7 Å². The Morgan fingerprint density at radius 2 is 1.92 bits per heavy atom. The van der Waals surface area contributed by atoms with Gasteiger partial charge in [-0.25, -0.2) is 15.0 Å². The number of rotatable bonds is 4. The average Bonchev–Trinajstić information content (AvgIpc) is 3.18. The monoisotopic (exact) mass is 334 g/mol. The van der Waals surface area contributed by atoms with Gasteiger partial charge < -0.3 is 0 Å². The Morgan fingerprint density at radius 3 is 2.68 bits per heavy atom. The highest BCUT2D eigenvalue weighted by molar-refractivity contribution is 5.93. The first-order valence-electron chi connectivity index (χ1n) is 8.81. The molecule has 4 aromatic heterocycles. The second-order valence-electron chi connectivity index (χ2n) is 6.44. The topological polar surface area (TPSA) is 60.9 Å². The van der Waals surface area contributed by atoms with Gasteiger partial charge in [0.15, 0.2) is 11.3 Å². The van der Waals surface area contributed by atoms with Crippen molar-refractivity contribution < 1.29 is 0 Å². The Balaban J connectivity index is 2.12. The molecule has 4 aromatic rings. The van der Waals surface area contributed by atoms with Gasteiger partial charge in [0.1, 0.15) is 11.6 Å². The number of aryl methyl sites for hydroxylation is 4. The highest BCUT2D eigenvalue weighted by atomic mass is 15.3. The molecule has 0 radical (unpaired) electrons. The minimum absolute atomic E-state index is 0.748. The molecule has 0 aliphatic rings. The second kappa shape index (κ2) is 5.95. The van der Waals surface area contributed by atoms with Crippen molar-refractivity contribution in [2.75, 3.05) is 0 Å². The molecule has 0 aliphatic carbocycles. The van der Waals surface area contributed by atoms with E-state index < -0.39 is 0 Å². The zero-order valence-electron chi connectivity index (χ0n) is 15.1. The number of hydrogen-bond acceptors (Lipinski definition) is 4. The number of nitrogens with zero attached hydrogens (tertiary/aromatic N) is 6.